The minimum Gasteiger partial charge on any atom is -0.508 e. The van der Waals surface area contributed by atoms with E-state index in [-0.39, 0.29) is 11.8 Å². The summed E-state index contributed by atoms with van der Waals surface area (Å²) in [6, 6.07) is 7.03. The average Bonchev–Trinajstić information content (AvgIpc) is 2.25. The number of nitrogens with one attached hydrogen (secondary N) is 2. The average molecular weight is 280 g/mol. The van der Waals surface area contributed by atoms with Gasteiger partial charge in [-0.2, -0.15) is 0 Å². The second-order valence-electron chi connectivity index (χ2n) is 5.85. The zero-order chi connectivity index (χ0) is 15.2. The topological polar surface area (TPSA) is 70.6 Å². The van der Waals surface area contributed by atoms with E-state index in [4.69, 9.17) is 4.74 Å². The van der Waals surface area contributed by atoms with Gasteiger partial charge in [-0.25, -0.2) is 4.79 Å². The molecule has 1 aromatic rings. The Morgan fingerprint density at radius 3 is 2.70 bits per heavy atom. The lowest BCUT2D eigenvalue weighted by atomic mass is 10.2. The molecule has 5 heteroatoms. The van der Waals surface area contributed by atoms with Gasteiger partial charge in [0.05, 0.1) is 0 Å². The highest BCUT2D eigenvalue weighted by molar-refractivity contribution is 5.68. The Balaban J connectivity index is 2.26. The van der Waals surface area contributed by atoms with Gasteiger partial charge in [-0.05, 0) is 45.4 Å². The van der Waals surface area contributed by atoms with Gasteiger partial charge >= 0.3 is 6.09 Å². The molecule has 1 amide bonds. The fourth-order valence-corrected chi connectivity index (χ4v) is 1.66. The first-order valence-electron chi connectivity index (χ1n) is 6.74. The van der Waals surface area contributed by atoms with Gasteiger partial charge in [-0.15, -0.1) is 0 Å². The molecule has 1 aromatic carbocycles. The number of aromatic hydroxyl groups is 1. The van der Waals surface area contributed by atoms with Gasteiger partial charge in [-0.3, -0.25) is 0 Å². The van der Waals surface area contributed by atoms with Crippen LogP contribution in [-0.2, 0) is 11.3 Å². The molecule has 112 valence electrons. The maximum atomic E-state index is 11.6. The Morgan fingerprint density at radius 2 is 2.10 bits per heavy atom. The highest BCUT2D eigenvalue weighted by Gasteiger charge is 2.17. The molecule has 0 bridgehead atoms. The molecule has 0 spiro atoms. The third kappa shape index (κ3) is 6.99. The molecule has 0 heterocycles. The summed E-state index contributed by atoms with van der Waals surface area (Å²) < 4.78 is 5.18. The number of phenols is 1. The van der Waals surface area contributed by atoms with Crippen molar-refractivity contribution in [2.24, 2.45) is 0 Å². The standard InChI is InChI=1S/C15H24N2O3/c1-11(17-14(19)20-15(2,3)4)9-16-10-12-6-5-7-13(18)8-12/h5-8,11,16,18H,9-10H2,1-4H3,(H,17,19). The van der Waals surface area contributed by atoms with E-state index in [1.54, 1.807) is 18.2 Å². The van der Waals surface area contributed by atoms with Gasteiger partial charge in [0.25, 0.3) is 0 Å². The molecule has 20 heavy (non-hydrogen) atoms. The molecule has 1 unspecified atom stereocenters. The van der Waals surface area contributed by atoms with Crippen LogP contribution in [0.1, 0.15) is 33.3 Å². The molecule has 0 radical (unpaired) electrons. The van der Waals surface area contributed by atoms with Crippen molar-refractivity contribution in [2.75, 3.05) is 6.54 Å². The van der Waals surface area contributed by atoms with Crippen molar-refractivity contribution in [3.05, 3.63) is 29.8 Å². The molecular weight excluding hydrogens is 256 g/mol. The van der Waals surface area contributed by atoms with E-state index in [0.717, 1.165) is 5.56 Å². The van der Waals surface area contributed by atoms with Crippen molar-refractivity contribution >= 4 is 6.09 Å². The summed E-state index contributed by atoms with van der Waals surface area (Å²) in [5.74, 6) is 0.254. The Hall–Kier alpha value is -1.75. The summed E-state index contributed by atoms with van der Waals surface area (Å²) in [7, 11) is 0. The number of alkyl carbamates (subject to hydrolysis) is 1. The first-order valence-corrected chi connectivity index (χ1v) is 6.74. The zero-order valence-corrected chi connectivity index (χ0v) is 12.6. The molecular formula is C15H24N2O3. The summed E-state index contributed by atoms with van der Waals surface area (Å²) in [5.41, 5.74) is 0.508. The number of hydrogen-bond donors (Lipinski definition) is 3. The van der Waals surface area contributed by atoms with Crippen LogP contribution >= 0.6 is 0 Å². The quantitative estimate of drug-likeness (QED) is 0.774. The van der Waals surface area contributed by atoms with Gasteiger partial charge in [0.2, 0.25) is 0 Å². The molecule has 5 nitrogen and oxygen atoms in total. The molecule has 0 saturated heterocycles. The summed E-state index contributed by atoms with van der Waals surface area (Å²) in [5, 5.41) is 15.3. The number of rotatable bonds is 5. The lowest BCUT2D eigenvalue weighted by Crippen LogP contribution is -2.42. The highest BCUT2D eigenvalue weighted by Crippen LogP contribution is 2.10. The smallest absolute Gasteiger partial charge is 0.407 e. The summed E-state index contributed by atoms with van der Waals surface area (Å²) in [4.78, 5) is 11.6. The molecule has 0 aliphatic carbocycles. The first-order chi connectivity index (χ1) is 9.26. The number of ether oxygens (including phenoxy) is 1. The fourth-order valence-electron chi connectivity index (χ4n) is 1.66. The van der Waals surface area contributed by atoms with Gasteiger partial charge in [0.15, 0.2) is 0 Å². The molecule has 0 saturated carbocycles. The van der Waals surface area contributed by atoms with Crippen molar-refractivity contribution in [1.82, 2.24) is 10.6 Å². The second kappa shape index (κ2) is 7.14. The Bertz CT molecular complexity index is 441. The predicted molar refractivity (Wildman–Crippen MR) is 78.6 cm³/mol. The number of amides is 1. The van der Waals surface area contributed by atoms with Crippen molar-refractivity contribution in [3.63, 3.8) is 0 Å². The van der Waals surface area contributed by atoms with Crippen LogP contribution in [0.15, 0.2) is 24.3 Å². The van der Waals surface area contributed by atoms with Crippen molar-refractivity contribution in [1.29, 1.82) is 0 Å². The molecule has 1 rings (SSSR count). The Morgan fingerprint density at radius 1 is 1.40 bits per heavy atom. The molecule has 0 aliphatic heterocycles. The summed E-state index contributed by atoms with van der Waals surface area (Å²) >= 11 is 0. The Labute approximate surface area is 120 Å². The minimum absolute atomic E-state index is 0.0397. The van der Waals surface area contributed by atoms with Gasteiger partial charge < -0.3 is 20.5 Å². The van der Waals surface area contributed by atoms with Crippen LogP contribution in [0.4, 0.5) is 4.79 Å². The van der Waals surface area contributed by atoms with Crippen molar-refractivity contribution in [3.8, 4) is 5.75 Å². The third-order valence-corrected chi connectivity index (χ3v) is 2.45. The fraction of sp³-hybridized carbons (Fsp3) is 0.533. The van der Waals surface area contributed by atoms with E-state index >= 15 is 0 Å². The lowest BCUT2D eigenvalue weighted by molar-refractivity contribution is 0.0508. The number of hydrogen-bond acceptors (Lipinski definition) is 4. The molecule has 0 aliphatic rings. The largest absolute Gasteiger partial charge is 0.508 e. The van der Waals surface area contributed by atoms with Crippen LogP contribution in [0.5, 0.6) is 5.75 Å². The minimum atomic E-state index is -0.487. The van der Waals surface area contributed by atoms with Crippen molar-refractivity contribution < 1.29 is 14.6 Å². The van der Waals surface area contributed by atoms with Crippen LogP contribution in [0.25, 0.3) is 0 Å². The number of carbonyl (C=O) groups excluding carboxylic acids is 1. The van der Waals surface area contributed by atoms with E-state index < -0.39 is 11.7 Å². The van der Waals surface area contributed by atoms with E-state index in [1.165, 1.54) is 0 Å². The van der Waals surface area contributed by atoms with Gasteiger partial charge in [-0.1, -0.05) is 12.1 Å². The lowest BCUT2D eigenvalue weighted by Gasteiger charge is -2.22. The number of carbonyl (C=O) groups is 1. The van der Waals surface area contributed by atoms with Crippen LogP contribution in [-0.4, -0.2) is 29.4 Å². The molecule has 0 fully saturated rings. The predicted octanol–water partition coefficient (Wildman–Crippen LogP) is 2.40. The zero-order valence-electron chi connectivity index (χ0n) is 12.6. The van der Waals surface area contributed by atoms with E-state index in [0.29, 0.717) is 13.1 Å². The van der Waals surface area contributed by atoms with Gasteiger partial charge in [0, 0.05) is 19.1 Å². The van der Waals surface area contributed by atoms with E-state index in [9.17, 15) is 9.90 Å². The second-order valence-corrected chi connectivity index (χ2v) is 5.85. The van der Waals surface area contributed by atoms with Gasteiger partial charge in [0.1, 0.15) is 11.4 Å². The van der Waals surface area contributed by atoms with Crippen LogP contribution in [0.2, 0.25) is 0 Å². The van der Waals surface area contributed by atoms with Crippen LogP contribution in [0, 0.1) is 0 Å². The molecule has 1 atom stereocenters. The molecule has 3 N–H and O–H groups in total. The maximum Gasteiger partial charge on any atom is 0.407 e. The SMILES string of the molecule is CC(CNCc1cccc(O)c1)NC(=O)OC(C)(C)C. The number of phenolic OH excluding ortho intramolecular Hbond substituents is 1. The first kappa shape index (κ1) is 16.3. The highest BCUT2D eigenvalue weighted by atomic mass is 16.6. The normalized spacial score (nSPS) is 12.8. The van der Waals surface area contributed by atoms with E-state index in [2.05, 4.69) is 10.6 Å². The third-order valence-electron chi connectivity index (χ3n) is 2.45. The van der Waals surface area contributed by atoms with E-state index in [1.807, 2.05) is 33.8 Å². The summed E-state index contributed by atoms with van der Waals surface area (Å²) in [6.45, 7) is 8.65. The van der Waals surface area contributed by atoms with Crippen molar-refractivity contribution in [2.45, 2.75) is 45.9 Å². The van der Waals surface area contributed by atoms with Crippen LogP contribution < -0.4 is 10.6 Å². The summed E-state index contributed by atoms with van der Waals surface area (Å²) in [6.07, 6.45) is -0.413. The number of benzene rings is 1. The van der Waals surface area contributed by atoms with Crippen LogP contribution in [0.3, 0.4) is 0 Å². The monoisotopic (exact) mass is 280 g/mol. The molecule has 0 aromatic heterocycles. The maximum absolute atomic E-state index is 11.6. The Kier molecular flexibility index (Phi) is 5.82.